The minimum atomic E-state index is 0.0589. The molecule has 2 rings (SSSR count). The molecular weight excluding hydrogens is 310 g/mol. The summed E-state index contributed by atoms with van der Waals surface area (Å²) in [6.45, 7) is 7.65. The van der Waals surface area contributed by atoms with Crippen molar-refractivity contribution in [3.8, 4) is 11.4 Å². The summed E-state index contributed by atoms with van der Waals surface area (Å²) in [5.74, 6) is 1.65. The molecule has 0 aliphatic heterocycles. The number of aliphatic hydroxyl groups is 1. The number of benzene rings is 1. The van der Waals surface area contributed by atoms with Crippen molar-refractivity contribution >= 4 is 11.8 Å². The van der Waals surface area contributed by atoms with Crippen molar-refractivity contribution in [3.63, 3.8) is 0 Å². The van der Waals surface area contributed by atoms with Crippen LogP contribution >= 0.6 is 11.8 Å². The van der Waals surface area contributed by atoms with Crippen LogP contribution in [0, 0.1) is 0 Å². The maximum Gasteiger partial charge on any atom is 0.191 e. The molecule has 1 heterocycles. The van der Waals surface area contributed by atoms with Crippen LogP contribution in [-0.4, -0.2) is 45.4 Å². The normalized spacial score (nSPS) is 11.9. The van der Waals surface area contributed by atoms with E-state index in [0.29, 0.717) is 13.2 Å². The van der Waals surface area contributed by atoms with Crippen molar-refractivity contribution in [2.24, 2.45) is 7.05 Å². The van der Waals surface area contributed by atoms with Crippen LogP contribution in [-0.2, 0) is 17.2 Å². The quantitative estimate of drug-likeness (QED) is 0.623. The summed E-state index contributed by atoms with van der Waals surface area (Å²) < 4.78 is 7.26. The van der Waals surface area contributed by atoms with E-state index in [9.17, 15) is 0 Å². The van der Waals surface area contributed by atoms with Gasteiger partial charge in [0.1, 0.15) is 0 Å². The molecule has 1 aromatic heterocycles. The molecule has 0 saturated heterocycles. The number of thioether (sulfide) groups is 1. The Hall–Kier alpha value is -1.37. The average molecular weight is 335 g/mol. The van der Waals surface area contributed by atoms with Gasteiger partial charge in [0.2, 0.25) is 0 Å². The van der Waals surface area contributed by atoms with Crippen molar-refractivity contribution in [2.45, 2.75) is 31.3 Å². The van der Waals surface area contributed by atoms with E-state index in [4.69, 9.17) is 9.84 Å². The number of nitrogens with zero attached hydrogens (tertiary/aromatic N) is 3. The van der Waals surface area contributed by atoms with Gasteiger partial charge in [-0.15, -0.1) is 10.2 Å². The van der Waals surface area contributed by atoms with Gasteiger partial charge in [0.15, 0.2) is 11.0 Å². The predicted molar refractivity (Wildman–Crippen MR) is 93.8 cm³/mol. The second-order valence-electron chi connectivity index (χ2n) is 6.38. The van der Waals surface area contributed by atoms with Crippen LogP contribution in [0.4, 0.5) is 0 Å². The first-order chi connectivity index (χ1) is 10.9. The number of ether oxygens (including phenoxy) is 1. The molecule has 5 nitrogen and oxygen atoms in total. The fourth-order valence-corrected chi connectivity index (χ4v) is 2.93. The first-order valence-electron chi connectivity index (χ1n) is 7.75. The molecule has 2 aromatic rings. The van der Waals surface area contributed by atoms with E-state index in [0.717, 1.165) is 22.3 Å². The number of aromatic nitrogens is 3. The van der Waals surface area contributed by atoms with Gasteiger partial charge in [-0.2, -0.15) is 0 Å². The van der Waals surface area contributed by atoms with Crippen LogP contribution < -0.4 is 0 Å². The lowest BCUT2D eigenvalue weighted by atomic mass is 9.87. The van der Waals surface area contributed by atoms with E-state index >= 15 is 0 Å². The van der Waals surface area contributed by atoms with Crippen molar-refractivity contribution in [1.29, 1.82) is 0 Å². The van der Waals surface area contributed by atoms with Gasteiger partial charge >= 0.3 is 0 Å². The summed E-state index contributed by atoms with van der Waals surface area (Å²) in [4.78, 5) is 0. The van der Waals surface area contributed by atoms with Crippen LogP contribution in [0.15, 0.2) is 29.4 Å². The third-order valence-corrected chi connectivity index (χ3v) is 4.52. The minimum absolute atomic E-state index is 0.0589. The molecule has 1 N–H and O–H groups in total. The van der Waals surface area contributed by atoms with Gasteiger partial charge in [-0.25, -0.2) is 0 Å². The molecule has 0 spiro atoms. The number of aliphatic hydroxyl groups excluding tert-OH is 1. The van der Waals surface area contributed by atoms with Crippen LogP contribution in [0.3, 0.4) is 0 Å². The Kier molecular flexibility index (Phi) is 6.21. The fourth-order valence-electron chi connectivity index (χ4n) is 2.17. The van der Waals surface area contributed by atoms with E-state index in [-0.39, 0.29) is 12.0 Å². The van der Waals surface area contributed by atoms with Gasteiger partial charge in [0.05, 0.1) is 19.8 Å². The van der Waals surface area contributed by atoms with Gasteiger partial charge in [-0.1, -0.05) is 56.8 Å². The van der Waals surface area contributed by atoms with Gasteiger partial charge in [0, 0.05) is 18.4 Å². The maximum absolute atomic E-state index is 8.67. The molecule has 0 atom stereocenters. The van der Waals surface area contributed by atoms with Gasteiger partial charge < -0.3 is 14.4 Å². The zero-order chi connectivity index (χ0) is 16.9. The molecule has 0 aliphatic carbocycles. The zero-order valence-corrected chi connectivity index (χ0v) is 15.1. The van der Waals surface area contributed by atoms with Crippen LogP contribution in [0.2, 0.25) is 0 Å². The Labute approximate surface area is 142 Å². The summed E-state index contributed by atoms with van der Waals surface area (Å²) in [7, 11) is 1.98. The average Bonchev–Trinajstić information content (AvgIpc) is 2.87. The molecule has 0 unspecified atom stereocenters. The largest absolute Gasteiger partial charge is 0.394 e. The molecule has 0 aliphatic rings. The second-order valence-corrected chi connectivity index (χ2v) is 7.44. The van der Waals surface area contributed by atoms with Crippen molar-refractivity contribution in [3.05, 3.63) is 29.8 Å². The highest BCUT2D eigenvalue weighted by Gasteiger charge is 2.15. The highest BCUT2D eigenvalue weighted by atomic mass is 32.2. The Balaban J connectivity index is 2.04. The highest BCUT2D eigenvalue weighted by molar-refractivity contribution is 7.99. The van der Waals surface area contributed by atoms with Gasteiger partial charge in [-0.3, -0.25) is 0 Å². The fraction of sp³-hybridized carbons (Fsp3) is 0.529. The summed E-state index contributed by atoms with van der Waals surface area (Å²) >= 11 is 1.60. The van der Waals surface area contributed by atoms with Crippen LogP contribution in [0.25, 0.3) is 11.4 Å². The molecule has 1 aromatic carbocycles. The molecule has 0 radical (unpaired) electrons. The SMILES string of the molecule is Cn1c(SCCOCCO)nnc1-c1ccc(C(C)(C)C)cc1. The van der Waals surface area contributed by atoms with E-state index in [1.807, 2.05) is 11.6 Å². The Morgan fingerprint density at radius 3 is 2.43 bits per heavy atom. The van der Waals surface area contributed by atoms with Gasteiger partial charge in [0.25, 0.3) is 0 Å². The number of hydrogen-bond acceptors (Lipinski definition) is 5. The Morgan fingerprint density at radius 1 is 1.13 bits per heavy atom. The first-order valence-corrected chi connectivity index (χ1v) is 8.73. The lowest BCUT2D eigenvalue weighted by Crippen LogP contribution is -2.10. The molecule has 0 fully saturated rings. The zero-order valence-electron chi connectivity index (χ0n) is 14.2. The molecule has 126 valence electrons. The maximum atomic E-state index is 8.67. The monoisotopic (exact) mass is 335 g/mol. The lowest BCUT2D eigenvalue weighted by Gasteiger charge is -2.19. The molecule has 0 bridgehead atoms. The van der Waals surface area contributed by atoms with Crippen molar-refractivity contribution in [2.75, 3.05) is 25.6 Å². The van der Waals surface area contributed by atoms with Crippen LogP contribution in [0.1, 0.15) is 26.3 Å². The summed E-state index contributed by atoms with van der Waals surface area (Å²) in [5, 5.41) is 18.1. The van der Waals surface area contributed by atoms with Crippen LogP contribution in [0.5, 0.6) is 0 Å². The molecule has 0 saturated carbocycles. The molecule has 23 heavy (non-hydrogen) atoms. The summed E-state index contributed by atoms with van der Waals surface area (Å²) in [6, 6.07) is 8.51. The van der Waals surface area contributed by atoms with E-state index in [1.165, 1.54) is 5.56 Å². The number of rotatable bonds is 7. The Morgan fingerprint density at radius 2 is 1.83 bits per heavy atom. The van der Waals surface area contributed by atoms with E-state index < -0.39 is 0 Å². The first kappa shape index (κ1) is 18.0. The number of hydrogen-bond donors (Lipinski definition) is 1. The van der Waals surface area contributed by atoms with Gasteiger partial charge in [-0.05, 0) is 11.0 Å². The third-order valence-electron chi connectivity index (χ3n) is 3.54. The summed E-state index contributed by atoms with van der Waals surface area (Å²) in [6.07, 6.45) is 0. The topological polar surface area (TPSA) is 60.2 Å². The predicted octanol–water partition coefficient (Wildman–Crippen LogP) is 2.88. The smallest absolute Gasteiger partial charge is 0.191 e. The molecule has 6 heteroatoms. The van der Waals surface area contributed by atoms with E-state index in [1.54, 1.807) is 11.8 Å². The molecule has 0 amide bonds. The third kappa shape index (κ3) is 4.80. The van der Waals surface area contributed by atoms with Crippen molar-refractivity contribution in [1.82, 2.24) is 14.8 Å². The Bertz CT molecular complexity index is 618. The van der Waals surface area contributed by atoms with E-state index in [2.05, 4.69) is 55.2 Å². The second kappa shape index (κ2) is 7.95. The van der Waals surface area contributed by atoms with Crippen molar-refractivity contribution < 1.29 is 9.84 Å². The molecular formula is C17H25N3O2S. The standard InChI is InChI=1S/C17H25N3O2S/c1-17(2,3)14-7-5-13(6-8-14)15-18-19-16(20(15)4)23-12-11-22-10-9-21/h5-8,21H,9-12H2,1-4H3. The summed E-state index contributed by atoms with van der Waals surface area (Å²) in [5.41, 5.74) is 2.52. The highest BCUT2D eigenvalue weighted by Crippen LogP contribution is 2.26. The lowest BCUT2D eigenvalue weighted by molar-refractivity contribution is 0.103. The minimum Gasteiger partial charge on any atom is -0.394 e.